The number of carbonyl (C=O) groups is 1. The lowest BCUT2D eigenvalue weighted by Crippen LogP contribution is -2.53. The van der Waals surface area contributed by atoms with Gasteiger partial charge in [0.2, 0.25) is 0 Å². The SMILES string of the molecule is CCCC1(C(=O)O)CCCN(S(=O)(=O)NC(C)C)C1. The number of nitrogens with zero attached hydrogens (tertiary/aromatic N) is 1. The molecule has 0 aromatic rings. The number of rotatable bonds is 6. The molecule has 0 aliphatic carbocycles. The summed E-state index contributed by atoms with van der Waals surface area (Å²) in [4.78, 5) is 11.5. The Hall–Kier alpha value is -0.660. The van der Waals surface area contributed by atoms with Gasteiger partial charge in [-0.15, -0.1) is 0 Å². The molecule has 0 radical (unpaired) electrons. The zero-order chi connectivity index (χ0) is 14.7. The highest BCUT2D eigenvalue weighted by Crippen LogP contribution is 2.35. The zero-order valence-electron chi connectivity index (χ0n) is 11.8. The molecule has 1 aliphatic heterocycles. The van der Waals surface area contributed by atoms with Crippen LogP contribution in [-0.4, -0.2) is 42.9 Å². The number of hydrogen-bond acceptors (Lipinski definition) is 3. The number of hydrogen-bond donors (Lipinski definition) is 2. The van der Waals surface area contributed by atoms with Crippen molar-refractivity contribution >= 4 is 16.2 Å². The monoisotopic (exact) mass is 292 g/mol. The molecule has 0 spiro atoms. The van der Waals surface area contributed by atoms with Gasteiger partial charge in [0.25, 0.3) is 10.2 Å². The van der Waals surface area contributed by atoms with E-state index in [9.17, 15) is 18.3 Å². The predicted molar refractivity (Wildman–Crippen MR) is 73.0 cm³/mol. The average Bonchev–Trinajstić information content (AvgIpc) is 2.27. The van der Waals surface area contributed by atoms with Crippen LogP contribution in [0, 0.1) is 5.41 Å². The Balaban J connectivity index is 2.92. The minimum Gasteiger partial charge on any atom is -0.481 e. The van der Waals surface area contributed by atoms with Crippen molar-refractivity contribution in [2.75, 3.05) is 13.1 Å². The van der Waals surface area contributed by atoms with Crippen molar-refractivity contribution in [3.63, 3.8) is 0 Å². The van der Waals surface area contributed by atoms with Gasteiger partial charge in [-0.3, -0.25) is 4.79 Å². The summed E-state index contributed by atoms with van der Waals surface area (Å²) in [7, 11) is -3.59. The molecule has 1 saturated heterocycles. The Labute approximate surface area is 115 Å². The van der Waals surface area contributed by atoms with E-state index < -0.39 is 21.6 Å². The van der Waals surface area contributed by atoms with Gasteiger partial charge in [-0.25, -0.2) is 0 Å². The summed E-state index contributed by atoms with van der Waals surface area (Å²) in [6.07, 6.45) is 2.38. The molecule has 0 aromatic heterocycles. The highest BCUT2D eigenvalue weighted by atomic mass is 32.2. The van der Waals surface area contributed by atoms with Crippen LogP contribution in [0.1, 0.15) is 46.5 Å². The van der Waals surface area contributed by atoms with Crippen LogP contribution in [0.3, 0.4) is 0 Å². The molecule has 1 fully saturated rings. The average molecular weight is 292 g/mol. The maximum absolute atomic E-state index is 12.1. The summed E-state index contributed by atoms with van der Waals surface area (Å²) in [6.45, 7) is 5.87. The van der Waals surface area contributed by atoms with Crippen LogP contribution in [0.15, 0.2) is 0 Å². The Morgan fingerprint density at radius 3 is 2.58 bits per heavy atom. The van der Waals surface area contributed by atoms with Gasteiger partial charge >= 0.3 is 5.97 Å². The van der Waals surface area contributed by atoms with E-state index in [-0.39, 0.29) is 12.6 Å². The second kappa shape index (κ2) is 6.19. The fraction of sp³-hybridized carbons (Fsp3) is 0.917. The minimum atomic E-state index is -3.59. The van der Waals surface area contributed by atoms with Crippen molar-refractivity contribution in [2.45, 2.75) is 52.5 Å². The van der Waals surface area contributed by atoms with Gasteiger partial charge in [0.1, 0.15) is 0 Å². The van der Waals surface area contributed by atoms with Gasteiger partial charge < -0.3 is 5.11 Å². The van der Waals surface area contributed by atoms with Gasteiger partial charge in [-0.05, 0) is 33.1 Å². The molecule has 1 atom stereocenters. The van der Waals surface area contributed by atoms with Gasteiger partial charge in [0, 0.05) is 19.1 Å². The van der Waals surface area contributed by atoms with Gasteiger partial charge in [-0.2, -0.15) is 17.4 Å². The van der Waals surface area contributed by atoms with Crippen LogP contribution < -0.4 is 4.72 Å². The maximum atomic E-state index is 12.1. The summed E-state index contributed by atoms with van der Waals surface area (Å²) in [5.74, 6) is -0.890. The van der Waals surface area contributed by atoms with E-state index in [0.717, 1.165) is 6.42 Å². The molecule has 112 valence electrons. The molecule has 1 unspecified atom stereocenters. The number of aliphatic carboxylic acids is 1. The fourth-order valence-electron chi connectivity index (χ4n) is 2.63. The zero-order valence-corrected chi connectivity index (χ0v) is 12.7. The lowest BCUT2D eigenvalue weighted by atomic mass is 9.77. The number of carboxylic acid groups (broad SMARTS) is 1. The van der Waals surface area contributed by atoms with Crippen molar-refractivity contribution < 1.29 is 18.3 Å². The van der Waals surface area contributed by atoms with Crippen molar-refractivity contribution in [3.05, 3.63) is 0 Å². The normalized spacial score (nSPS) is 25.7. The summed E-state index contributed by atoms with van der Waals surface area (Å²) in [6, 6.07) is -0.197. The second-order valence-electron chi connectivity index (χ2n) is 5.55. The first-order chi connectivity index (χ1) is 8.73. The van der Waals surface area contributed by atoms with Gasteiger partial charge in [0.05, 0.1) is 5.41 Å². The van der Waals surface area contributed by atoms with Crippen LogP contribution in [0.5, 0.6) is 0 Å². The largest absolute Gasteiger partial charge is 0.481 e. The molecule has 1 heterocycles. The van der Waals surface area contributed by atoms with E-state index >= 15 is 0 Å². The third-order valence-corrected chi connectivity index (χ3v) is 5.21. The standard InChI is InChI=1S/C12H24N2O4S/c1-4-6-12(11(15)16)7-5-8-14(9-12)19(17,18)13-10(2)3/h10,13H,4-9H2,1-3H3,(H,15,16). The third-order valence-electron chi connectivity index (χ3n) is 3.45. The Morgan fingerprint density at radius 1 is 1.47 bits per heavy atom. The van der Waals surface area contributed by atoms with Crippen molar-refractivity contribution in [1.82, 2.24) is 9.03 Å². The summed E-state index contributed by atoms with van der Waals surface area (Å²) < 4.78 is 28.1. The summed E-state index contributed by atoms with van der Waals surface area (Å²) >= 11 is 0. The number of nitrogens with one attached hydrogen (secondary N) is 1. The molecule has 0 aromatic carbocycles. The molecular weight excluding hydrogens is 268 g/mol. The first kappa shape index (κ1) is 16.4. The highest BCUT2D eigenvalue weighted by Gasteiger charge is 2.44. The second-order valence-corrected chi connectivity index (χ2v) is 7.25. The molecule has 1 aliphatic rings. The molecule has 2 N–H and O–H groups in total. The molecular formula is C12H24N2O4S. The minimum absolute atomic E-state index is 0.0677. The molecule has 7 heteroatoms. The third kappa shape index (κ3) is 3.90. The molecule has 19 heavy (non-hydrogen) atoms. The van der Waals surface area contributed by atoms with Crippen molar-refractivity contribution in [3.8, 4) is 0 Å². The fourth-order valence-corrected chi connectivity index (χ4v) is 4.16. The molecule has 6 nitrogen and oxygen atoms in total. The van der Waals surface area contributed by atoms with Crippen LogP contribution in [-0.2, 0) is 15.0 Å². The van der Waals surface area contributed by atoms with E-state index in [1.807, 2.05) is 6.92 Å². The van der Waals surface area contributed by atoms with Crippen LogP contribution in [0.2, 0.25) is 0 Å². The molecule has 0 bridgehead atoms. The highest BCUT2D eigenvalue weighted by molar-refractivity contribution is 7.87. The first-order valence-electron chi connectivity index (χ1n) is 6.74. The maximum Gasteiger partial charge on any atom is 0.310 e. The van der Waals surface area contributed by atoms with E-state index in [4.69, 9.17) is 0 Å². The van der Waals surface area contributed by atoms with E-state index in [1.165, 1.54) is 4.31 Å². The molecule has 1 rings (SSSR count). The number of piperidine rings is 1. The van der Waals surface area contributed by atoms with Gasteiger partial charge in [-0.1, -0.05) is 13.3 Å². The lowest BCUT2D eigenvalue weighted by molar-refractivity contribution is -0.151. The molecule has 0 saturated carbocycles. The summed E-state index contributed by atoms with van der Waals surface area (Å²) in [5.41, 5.74) is -0.932. The number of carboxylic acids is 1. The Bertz CT molecular complexity index is 417. The van der Waals surface area contributed by atoms with Crippen molar-refractivity contribution in [1.29, 1.82) is 0 Å². The van der Waals surface area contributed by atoms with E-state index in [2.05, 4.69) is 4.72 Å². The van der Waals surface area contributed by atoms with Crippen LogP contribution in [0.25, 0.3) is 0 Å². The van der Waals surface area contributed by atoms with Crippen LogP contribution >= 0.6 is 0 Å². The smallest absolute Gasteiger partial charge is 0.310 e. The van der Waals surface area contributed by atoms with Gasteiger partial charge in [0.15, 0.2) is 0 Å². The predicted octanol–water partition coefficient (Wildman–Crippen LogP) is 1.20. The quantitative estimate of drug-likeness (QED) is 0.770. The Kier molecular flexibility index (Phi) is 5.34. The Morgan fingerprint density at radius 2 is 2.11 bits per heavy atom. The van der Waals surface area contributed by atoms with Crippen LogP contribution in [0.4, 0.5) is 0 Å². The van der Waals surface area contributed by atoms with E-state index in [0.29, 0.717) is 25.8 Å². The topological polar surface area (TPSA) is 86.7 Å². The van der Waals surface area contributed by atoms with E-state index in [1.54, 1.807) is 13.8 Å². The lowest BCUT2D eigenvalue weighted by Gasteiger charge is -2.39. The first-order valence-corrected chi connectivity index (χ1v) is 8.18. The van der Waals surface area contributed by atoms with Crippen molar-refractivity contribution in [2.24, 2.45) is 5.41 Å². The summed E-state index contributed by atoms with van der Waals surface area (Å²) in [5, 5.41) is 9.44. The molecule has 0 amide bonds.